The number of nitrogens with one attached hydrogen (secondary N) is 1. The third kappa shape index (κ3) is 4.02. The average molecular weight is 253 g/mol. The summed E-state index contributed by atoms with van der Waals surface area (Å²) >= 11 is 0. The lowest BCUT2D eigenvalue weighted by atomic mass is 10.1. The fourth-order valence-corrected chi connectivity index (χ4v) is 1.72. The minimum atomic E-state index is -0.493. The number of benzene rings is 1. The number of unbranched alkanes of at least 4 members (excludes halogenated alkanes) is 1. The standard InChI is InChI=1S/C14H20FNO2/c1-4-5-6-13(14(17)18-3)16-12-8-7-10(2)9-11(12)15/h7-9,13,16H,4-6H2,1-3H3. The van der Waals surface area contributed by atoms with E-state index >= 15 is 0 Å². The van der Waals surface area contributed by atoms with Crippen molar-refractivity contribution in [2.75, 3.05) is 12.4 Å². The van der Waals surface area contributed by atoms with Crippen molar-refractivity contribution in [1.29, 1.82) is 0 Å². The van der Waals surface area contributed by atoms with Crippen LogP contribution in [0.5, 0.6) is 0 Å². The van der Waals surface area contributed by atoms with Crippen LogP contribution in [0.3, 0.4) is 0 Å². The maximum atomic E-state index is 13.7. The van der Waals surface area contributed by atoms with Gasteiger partial charge in [0.1, 0.15) is 11.9 Å². The predicted molar refractivity (Wildman–Crippen MR) is 70.1 cm³/mol. The number of ether oxygens (including phenoxy) is 1. The number of hydrogen-bond acceptors (Lipinski definition) is 3. The Bertz CT molecular complexity index is 407. The largest absolute Gasteiger partial charge is 0.467 e. The minimum absolute atomic E-state index is 0.340. The molecule has 1 unspecified atom stereocenters. The Morgan fingerprint density at radius 2 is 2.22 bits per heavy atom. The van der Waals surface area contributed by atoms with Crippen molar-refractivity contribution in [1.82, 2.24) is 0 Å². The quantitative estimate of drug-likeness (QED) is 0.791. The first-order chi connectivity index (χ1) is 8.58. The number of carbonyl (C=O) groups excluding carboxylic acids is 1. The zero-order valence-electron chi connectivity index (χ0n) is 11.1. The summed E-state index contributed by atoms with van der Waals surface area (Å²) in [7, 11) is 1.34. The van der Waals surface area contributed by atoms with Crippen molar-refractivity contribution in [3.05, 3.63) is 29.6 Å². The van der Waals surface area contributed by atoms with Crippen LogP contribution in [-0.2, 0) is 9.53 Å². The van der Waals surface area contributed by atoms with E-state index in [1.54, 1.807) is 12.1 Å². The Hall–Kier alpha value is -1.58. The van der Waals surface area contributed by atoms with Gasteiger partial charge < -0.3 is 10.1 Å². The summed E-state index contributed by atoms with van der Waals surface area (Å²) in [6.07, 6.45) is 2.50. The van der Waals surface area contributed by atoms with Crippen molar-refractivity contribution < 1.29 is 13.9 Å². The lowest BCUT2D eigenvalue weighted by Crippen LogP contribution is -2.31. The monoisotopic (exact) mass is 253 g/mol. The van der Waals surface area contributed by atoms with Gasteiger partial charge in [-0.15, -0.1) is 0 Å². The molecule has 0 saturated carbocycles. The number of esters is 1. The highest BCUT2D eigenvalue weighted by molar-refractivity contribution is 5.79. The molecule has 0 spiro atoms. The van der Waals surface area contributed by atoms with Gasteiger partial charge in [0, 0.05) is 0 Å². The van der Waals surface area contributed by atoms with Gasteiger partial charge in [-0.25, -0.2) is 9.18 Å². The maximum absolute atomic E-state index is 13.7. The van der Waals surface area contributed by atoms with Crippen LogP contribution in [0.4, 0.5) is 10.1 Å². The lowest BCUT2D eigenvalue weighted by Gasteiger charge is -2.18. The van der Waals surface area contributed by atoms with Crippen LogP contribution in [-0.4, -0.2) is 19.1 Å². The van der Waals surface area contributed by atoms with Crippen LogP contribution in [0.2, 0.25) is 0 Å². The first kappa shape index (κ1) is 14.5. The van der Waals surface area contributed by atoms with E-state index in [-0.39, 0.29) is 11.8 Å². The normalized spacial score (nSPS) is 12.0. The Labute approximate surface area is 107 Å². The first-order valence-corrected chi connectivity index (χ1v) is 6.19. The van der Waals surface area contributed by atoms with E-state index in [9.17, 15) is 9.18 Å². The molecule has 4 heteroatoms. The second-order valence-electron chi connectivity index (χ2n) is 4.35. The van der Waals surface area contributed by atoms with Crippen LogP contribution >= 0.6 is 0 Å². The molecule has 0 radical (unpaired) electrons. The number of rotatable bonds is 6. The second-order valence-corrected chi connectivity index (χ2v) is 4.35. The second kappa shape index (κ2) is 6.99. The Morgan fingerprint density at radius 1 is 1.50 bits per heavy atom. The molecule has 0 saturated heterocycles. The lowest BCUT2D eigenvalue weighted by molar-refractivity contribution is -0.141. The molecule has 3 nitrogen and oxygen atoms in total. The minimum Gasteiger partial charge on any atom is -0.467 e. The molecule has 0 fully saturated rings. The van der Waals surface area contributed by atoms with Gasteiger partial charge in [-0.2, -0.15) is 0 Å². The number of aryl methyl sites for hydroxylation is 1. The Balaban J connectivity index is 2.78. The van der Waals surface area contributed by atoms with Crippen molar-refractivity contribution in [3.8, 4) is 0 Å². The third-order valence-electron chi connectivity index (χ3n) is 2.79. The van der Waals surface area contributed by atoms with Crippen molar-refractivity contribution in [2.45, 2.75) is 39.2 Å². The van der Waals surface area contributed by atoms with Gasteiger partial charge in [-0.1, -0.05) is 25.8 Å². The molecular formula is C14H20FNO2. The summed E-state index contributed by atoms with van der Waals surface area (Å²) in [4.78, 5) is 11.6. The van der Waals surface area contributed by atoms with Crippen molar-refractivity contribution >= 4 is 11.7 Å². The van der Waals surface area contributed by atoms with Gasteiger partial charge >= 0.3 is 5.97 Å². The fourth-order valence-electron chi connectivity index (χ4n) is 1.72. The summed E-state index contributed by atoms with van der Waals surface area (Å²) < 4.78 is 18.4. The maximum Gasteiger partial charge on any atom is 0.328 e. The highest BCUT2D eigenvalue weighted by Gasteiger charge is 2.19. The number of halogens is 1. The van der Waals surface area contributed by atoms with Gasteiger partial charge in [-0.05, 0) is 31.0 Å². The van der Waals surface area contributed by atoms with Gasteiger partial charge in [0.05, 0.1) is 12.8 Å². The molecule has 1 N–H and O–H groups in total. The van der Waals surface area contributed by atoms with Crippen molar-refractivity contribution in [2.24, 2.45) is 0 Å². The summed E-state index contributed by atoms with van der Waals surface area (Å²) in [6.45, 7) is 3.86. The van der Waals surface area contributed by atoms with E-state index in [0.717, 1.165) is 18.4 Å². The van der Waals surface area contributed by atoms with E-state index in [0.29, 0.717) is 12.1 Å². The van der Waals surface area contributed by atoms with Crippen LogP contribution < -0.4 is 5.32 Å². The molecule has 0 heterocycles. The summed E-state index contributed by atoms with van der Waals surface area (Å²) in [5.41, 5.74) is 1.19. The van der Waals surface area contributed by atoms with E-state index in [1.807, 2.05) is 13.8 Å². The van der Waals surface area contributed by atoms with Gasteiger partial charge in [0.25, 0.3) is 0 Å². The van der Waals surface area contributed by atoms with Crippen molar-refractivity contribution in [3.63, 3.8) is 0 Å². The van der Waals surface area contributed by atoms with Gasteiger partial charge in [0.2, 0.25) is 0 Å². The summed E-state index contributed by atoms with van der Waals surface area (Å²) in [6, 6.07) is 4.40. The first-order valence-electron chi connectivity index (χ1n) is 6.19. The number of methoxy groups -OCH3 is 1. The number of carbonyl (C=O) groups is 1. The number of hydrogen-bond donors (Lipinski definition) is 1. The van der Waals surface area contributed by atoms with Crippen LogP contribution in [0.15, 0.2) is 18.2 Å². The molecule has 0 aliphatic rings. The van der Waals surface area contributed by atoms with Gasteiger partial charge in [-0.3, -0.25) is 0 Å². The summed E-state index contributed by atoms with van der Waals surface area (Å²) in [5.74, 6) is -0.705. The summed E-state index contributed by atoms with van der Waals surface area (Å²) in [5, 5.41) is 2.91. The zero-order valence-corrected chi connectivity index (χ0v) is 11.1. The molecule has 0 bridgehead atoms. The van der Waals surface area contributed by atoms with E-state index in [2.05, 4.69) is 5.32 Å². The van der Waals surface area contributed by atoms with E-state index in [1.165, 1.54) is 13.2 Å². The topological polar surface area (TPSA) is 38.3 Å². The predicted octanol–water partition coefficient (Wildman–Crippen LogP) is 3.28. The average Bonchev–Trinajstić information content (AvgIpc) is 2.36. The molecule has 0 aliphatic heterocycles. The SMILES string of the molecule is CCCCC(Nc1ccc(C)cc1F)C(=O)OC. The molecular weight excluding hydrogens is 233 g/mol. The molecule has 1 aromatic rings. The smallest absolute Gasteiger partial charge is 0.328 e. The molecule has 1 rings (SSSR count). The molecule has 0 aromatic heterocycles. The Morgan fingerprint density at radius 3 is 2.78 bits per heavy atom. The number of anilines is 1. The highest BCUT2D eigenvalue weighted by atomic mass is 19.1. The van der Waals surface area contributed by atoms with Gasteiger partial charge in [0.15, 0.2) is 0 Å². The van der Waals surface area contributed by atoms with Crippen LogP contribution in [0.1, 0.15) is 31.7 Å². The third-order valence-corrected chi connectivity index (χ3v) is 2.79. The van der Waals surface area contributed by atoms with E-state index < -0.39 is 6.04 Å². The van der Waals surface area contributed by atoms with Crippen LogP contribution in [0, 0.1) is 12.7 Å². The highest BCUT2D eigenvalue weighted by Crippen LogP contribution is 2.18. The molecule has 18 heavy (non-hydrogen) atoms. The zero-order chi connectivity index (χ0) is 13.5. The molecule has 0 amide bonds. The molecule has 100 valence electrons. The van der Waals surface area contributed by atoms with E-state index in [4.69, 9.17) is 4.74 Å². The van der Waals surface area contributed by atoms with Crippen LogP contribution in [0.25, 0.3) is 0 Å². The Kier molecular flexibility index (Phi) is 5.62. The molecule has 1 atom stereocenters. The molecule has 1 aromatic carbocycles. The fraction of sp³-hybridized carbons (Fsp3) is 0.500. The molecule has 0 aliphatic carbocycles.